The van der Waals surface area contributed by atoms with Crippen LogP contribution in [0.15, 0.2) is 36.4 Å². The van der Waals surface area contributed by atoms with Crippen LogP contribution < -0.4 is 10.2 Å². The molecular formula is C17H15Cl2F2N3O. The maximum Gasteiger partial charge on any atom is 0.321 e. The molecule has 132 valence electrons. The molecule has 25 heavy (non-hydrogen) atoms. The number of halogens is 4. The fraction of sp³-hybridized carbons (Fsp3) is 0.235. The maximum atomic E-state index is 13.2. The molecule has 2 aromatic rings. The molecule has 0 spiro atoms. The number of benzene rings is 2. The third kappa shape index (κ3) is 3.96. The number of carbonyl (C=O) groups is 1. The predicted octanol–water partition coefficient (Wildman–Crippen LogP) is 4.63. The maximum absolute atomic E-state index is 13.2. The first-order valence-corrected chi connectivity index (χ1v) is 8.41. The Balaban J connectivity index is 1.60. The van der Waals surface area contributed by atoms with Gasteiger partial charge in [0.05, 0.1) is 15.7 Å². The zero-order chi connectivity index (χ0) is 18.0. The molecule has 0 saturated carbocycles. The van der Waals surface area contributed by atoms with Gasteiger partial charge in [-0.1, -0.05) is 29.3 Å². The molecule has 0 unspecified atom stereocenters. The van der Waals surface area contributed by atoms with E-state index in [1.807, 2.05) is 12.1 Å². The molecule has 2 aromatic carbocycles. The second-order valence-electron chi connectivity index (χ2n) is 5.61. The highest BCUT2D eigenvalue weighted by Gasteiger charge is 2.23. The van der Waals surface area contributed by atoms with Crippen molar-refractivity contribution in [2.75, 3.05) is 36.4 Å². The normalized spacial score (nSPS) is 14.6. The van der Waals surface area contributed by atoms with Gasteiger partial charge >= 0.3 is 6.03 Å². The molecule has 8 heteroatoms. The van der Waals surface area contributed by atoms with E-state index in [2.05, 4.69) is 10.2 Å². The van der Waals surface area contributed by atoms with E-state index in [1.54, 1.807) is 11.0 Å². The van der Waals surface area contributed by atoms with Crippen LogP contribution in [0.4, 0.5) is 25.0 Å². The summed E-state index contributed by atoms with van der Waals surface area (Å²) < 4.78 is 26.1. The number of hydrogen-bond acceptors (Lipinski definition) is 2. The largest absolute Gasteiger partial charge is 0.367 e. The van der Waals surface area contributed by atoms with E-state index in [0.717, 1.165) is 17.8 Å². The van der Waals surface area contributed by atoms with Crippen molar-refractivity contribution in [2.24, 2.45) is 0 Å². The topological polar surface area (TPSA) is 35.6 Å². The summed E-state index contributed by atoms with van der Waals surface area (Å²) in [7, 11) is 0. The fourth-order valence-corrected chi connectivity index (χ4v) is 3.08. The summed E-state index contributed by atoms with van der Waals surface area (Å²) in [5, 5.41) is 3.54. The van der Waals surface area contributed by atoms with Crippen LogP contribution in [-0.2, 0) is 0 Å². The molecule has 0 aliphatic carbocycles. The minimum absolute atomic E-state index is 0.212. The molecule has 0 bridgehead atoms. The highest BCUT2D eigenvalue weighted by Crippen LogP contribution is 2.32. The van der Waals surface area contributed by atoms with Crippen LogP contribution in [0.1, 0.15) is 0 Å². The van der Waals surface area contributed by atoms with Gasteiger partial charge in [-0.2, -0.15) is 0 Å². The van der Waals surface area contributed by atoms with E-state index in [0.29, 0.717) is 36.2 Å². The molecular weight excluding hydrogens is 371 g/mol. The molecule has 1 saturated heterocycles. The lowest BCUT2D eigenvalue weighted by Crippen LogP contribution is -2.50. The second-order valence-corrected chi connectivity index (χ2v) is 6.39. The van der Waals surface area contributed by atoms with Crippen molar-refractivity contribution in [2.45, 2.75) is 0 Å². The standard InChI is InChI=1S/C17H15Cl2F2N3O/c18-12-2-1-3-15(16(12)19)23-6-8-24(9-7-23)17(25)22-11-4-5-13(20)14(21)10-11/h1-5,10H,6-9H2,(H,22,25). The highest BCUT2D eigenvalue weighted by atomic mass is 35.5. The van der Waals surface area contributed by atoms with Crippen LogP contribution in [0.3, 0.4) is 0 Å². The summed E-state index contributed by atoms with van der Waals surface area (Å²) in [6.45, 7) is 2.12. The van der Waals surface area contributed by atoms with Gasteiger partial charge in [0.15, 0.2) is 11.6 Å². The number of amides is 2. The van der Waals surface area contributed by atoms with Gasteiger partial charge in [-0.15, -0.1) is 0 Å². The van der Waals surface area contributed by atoms with Crippen molar-refractivity contribution in [1.29, 1.82) is 0 Å². The van der Waals surface area contributed by atoms with E-state index in [-0.39, 0.29) is 11.7 Å². The van der Waals surface area contributed by atoms with Crippen LogP contribution in [0.25, 0.3) is 0 Å². The molecule has 0 atom stereocenters. The Morgan fingerprint density at radius 2 is 1.72 bits per heavy atom. The van der Waals surface area contributed by atoms with Crippen molar-refractivity contribution in [3.63, 3.8) is 0 Å². The van der Waals surface area contributed by atoms with Crippen LogP contribution >= 0.6 is 23.2 Å². The van der Waals surface area contributed by atoms with E-state index in [9.17, 15) is 13.6 Å². The smallest absolute Gasteiger partial charge is 0.321 e. The minimum Gasteiger partial charge on any atom is -0.367 e. The number of carbonyl (C=O) groups excluding carboxylic acids is 1. The van der Waals surface area contributed by atoms with Gasteiger partial charge in [0.25, 0.3) is 0 Å². The Morgan fingerprint density at radius 3 is 2.40 bits per heavy atom. The molecule has 1 N–H and O–H groups in total. The number of hydrogen-bond donors (Lipinski definition) is 1. The molecule has 0 aromatic heterocycles. The van der Waals surface area contributed by atoms with Gasteiger partial charge < -0.3 is 15.1 Å². The van der Waals surface area contributed by atoms with Crippen molar-refractivity contribution < 1.29 is 13.6 Å². The van der Waals surface area contributed by atoms with Crippen LogP contribution in [0.5, 0.6) is 0 Å². The van der Waals surface area contributed by atoms with E-state index >= 15 is 0 Å². The zero-order valence-electron chi connectivity index (χ0n) is 13.1. The summed E-state index contributed by atoms with van der Waals surface area (Å²) in [6.07, 6.45) is 0. The Bertz CT molecular complexity index is 795. The van der Waals surface area contributed by atoms with Gasteiger partial charge in [0, 0.05) is 37.9 Å². The minimum atomic E-state index is -1.00. The number of nitrogens with zero attached hydrogens (tertiary/aromatic N) is 2. The lowest BCUT2D eigenvalue weighted by molar-refractivity contribution is 0.208. The number of anilines is 2. The van der Waals surface area contributed by atoms with Crippen molar-refractivity contribution in [3.05, 3.63) is 58.1 Å². The van der Waals surface area contributed by atoms with Crippen LogP contribution in [0.2, 0.25) is 10.0 Å². The summed E-state index contributed by atoms with van der Waals surface area (Å²) in [4.78, 5) is 15.9. The third-order valence-corrected chi connectivity index (χ3v) is 4.82. The van der Waals surface area contributed by atoms with Crippen LogP contribution in [0, 0.1) is 11.6 Å². The quantitative estimate of drug-likeness (QED) is 0.817. The number of nitrogens with one attached hydrogen (secondary N) is 1. The van der Waals surface area contributed by atoms with Gasteiger partial charge in [0.2, 0.25) is 0 Å². The Labute approximate surface area is 153 Å². The van der Waals surface area contributed by atoms with Gasteiger partial charge in [0.1, 0.15) is 0 Å². The molecule has 1 aliphatic rings. The van der Waals surface area contributed by atoms with E-state index < -0.39 is 11.6 Å². The SMILES string of the molecule is O=C(Nc1ccc(F)c(F)c1)N1CCN(c2cccc(Cl)c2Cl)CC1. The Hall–Kier alpha value is -2.05. The monoisotopic (exact) mass is 385 g/mol. The molecule has 3 rings (SSSR count). The summed E-state index contributed by atoms with van der Waals surface area (Å²) >= 11 is 12.3. The lowest BCUT2D eigenvalue weighted by Gasteiger charge is -2.36. The van der Waals surface area contributed by atoms with Gasteiger partial charge in [-0.25, -0.2) is 13.6 Å². The van der Waals surface area contributed by atoms with E-state index in [4.69, 9.17) is 23.2 Å². The first-order chi connectivity index (χ1) is 12.0. The third-order valence-electron chi connectivity index (χ3n) is 4.01. The second kappa shape index (κ2) is 7.45. The molecule has 0 radical (unpaired) electrons. The Kier molecular flexibility index (Phi) is 5.30. The average Bonchev–Trinajstić information content (AvgIpc) is 2.61. The van der Waals surface area contributed by atoms with Crippen molar-refractivity contribution in [3.8, 4) is 0 Å². The zero-order valence-corrected chi connectivity index (χ0v) is 14.6. The van der Waals surface area contributed by atoms with Gasteiger partial charge in [-0.3, -0.25) is 0 Å². The van der Waals surface area contributed by atoms with Gasteiger partial charge in [-0.05, 0) is 24.3 Å². The number of rotatable bonds is 2. The fourth-order valence-electron chi connectivity index (χ4n) is 2.66. The molecule has 4 nitrogen and oxygen atoms in total. The summed E-state index contributed by atoms with van der Waals surface area (Å²) in [6, 6.07) is 8.32. The first-order valence-electron chi connectivity index (χ1n) is 7.65. The first kappa shape index (κ1) is 17.8. The molecule has 2 amide bonds. The summed E-state index contributed by atoms with van der Waals surface area (Å²) in [5.74, 6) is -1.96. The van der Waals surface area contributed by atoms with Crippen LogP contribution in [-0.4, -0.2) is 37.1 Å². The van der Waals surface area contributed by atoms with E-state index in [1.165, 1.54) is 6.07 Å². The molecule has 1 heterocycles. The molecule has 1 aliphatic heterocycles. The highest BCUT2D eigenvalue weighted by molar-refractivity contribution is 6.43. The summed E-state index contributed by atoms with van der Waals surface area (Å²) in [5.41, 5.74) is 1.04. The van der Waals surface area contributed by atoms with Crippen molar-refractivity contribution in [1.82, 2.24) is 4.90 Å². The number of piperazine rings is 1. The average molecular weight is 386 g/mol. The molecule has 1 fully saturated rings. The number of urea groups is 1. The Morgan fingerprint density at radius 1 is 1.00 bits per heavy atom. The van der Waals surface area contributed by atoms with Crippen molar-refractivity contribution >= 4 is 40.6 Å². The predicted molar refractivity (Wildman–Crippen MR) is 95.6 cm³/mol. The lowest BCUT2D eigenvalue weighted by atomic mass is 10.2.